The first-order valence-corrected chi connectivity index (χ1v) is 8.90. The molecule has 0 heterocycles. The Bertz CT molecular complexity index is 332. The van der Waals surface area contributed by atoms with Crippen molar-refractivity contribution in [2.45, 2.75) is 51.0 Å². The smallest absolute Gasteiger partial charge is 0.193 e. The van der Waals surface area contributed by atoms with Crippen LogP contribution in [-0.2, 0) is 9.47 Å². The molecule has 2 fully saturated rings. The van der Waals surface area contributed by atoms with Gasteiger partial charge in [-0.1, -0.05) is 12.8 Å². The molecule has 0 atom stereocenters. The van der Waals surface area contributed by atoms with E-state index in [2.05, 4.69) is 22.3 Å². The van der Waals surface area contributed by atoms with Gasteiger partial charge in [-0.25, -0.2) is 0 Å². The molecule has 0 unspecified atom stereocenters. The lowest BCUT2D eigenvalue weighted by atomic mass is 10.3. The van der Waals surface area contributed by atoms with Crippen LogP contribution in [-0.4, -0.2) is 64.0 Å². The summed E-state index contributed by atoms with van der Waals surface area (Å²) < 4.78 is 11.6. The Hall–Kier alpha value is -0.0800. The van der Waals surface area contributed by atoms with Crippen LogP contribution in [0.4, 0.5) is 0 Å². The van der Waals surface area contributed by atoms with E-state index in [0.29, 0.717) is 6.10 Å². The summed E-state index contributed by atoms with van der Waals surface area (Å²) in [6, 6.07) is 0. The van der Waals surface area contributed by atoms with Crippen molar-refractivity contribution >= 4 is 29.9 Å². The Morgan fingerprint density at radius 2 is 1.91 bits per heavy atom. The summed E-state index contributed by atoms with van der Waals surface area (Å²) in [5.74, 6) is 1.78. The Morgan fingerprint density at radius 3 is 2.57 bits per heavy atom. The predicted octanol–water partition coefficient (Wildman–Crippen LogP) is 2.89. The molecule has 0 radical (unpaired) electrons. The molecule has 23 heavy (non-hydrogen) atoms. The maximum absolute atomic E-state index is 5.87. The molecule has 0 bridgehead atoms. The molecular formula is C17H34IN3O2. The van der Waals surface area contributed by atoms with Gasteiger partial charge in [0, 0.05) is 40.4 Å². The molecule has 2 aliphatic rings. The van der Waals surface area contributed by atoms with Crippen LogP contribution in [0.25, 0.3) is 0 Å². The van der Waals surface area contributed by atoms with Gasteiger partial charge in [-0.3, -0.25) is 4.99 Å². The largest absolute Gasteiger partial charge is 0.379 e. The zero-order chi connectivity index (χ0) is 15.6. The standard InChI is InChI=1S/C17H33N3O2.HI/c1-18-17(20(2)11-13-21-14-15-8-9-15)19-10-5-12-22-16-6-3-4-7-16;/h15-16H,3-14H2,1-2H3,(H,18,19);1H. The Labute approximate surface area is 158 Å². The topological polar surface area (TPSA) is 46.1 Å². The van der Waals surface area contributed by atoms with Crippen molar-refractivity contribution in [3.8, 4) is 0 Å². The molecule has 0 aromatic carbocycles. The van der Waals surface area contributed by atoms with Gasteiger partial charge in [0.25, 0.3) is 0 Å². The van der Waals surface area contributed by atoms with Crippen molar-refractivity contribution in [2.75, 3.05) is 47.0 Å². The minimum atomic E-state index is 0. The second-order valence-corrected chi connectivity index (χ2v) is 6.54. The summed E-state index contributed by atoms with van der Waals surface area (Å²) in [6.07, 6.45) is 9.42. The predicted molar refractivity (Wildman–Crippen MR) is 106 cm³/mol. The highest BCUT2D eigenvalue weighted by Crippen LogP contribution is 2.28. The number of aliphatic imine (C=N–C) groups is 1. The number of nitrogens with one attached hydrogen (secondary N) is 1. The second kappa shape index (κ2) is 12.3. The molecule has 2 aliphatic carbocycles. The van der Waals surface area contributed by atoms with Crippen LogP contribution in [0.2, 0.25) is 0 Å². The maximum atomic E-state index is 5.87. The van der Waals surface area contributed by atoms with Gasteiger partial charge in [0.1, 0.15) is 0 Å². The average molecular weight is 439 g/mol. The van der Waals surface area contributed by atoms with Gasteiger partial charge in [-0.05, 0) is 38.0 Å². The molecule has 0 aromatic heterocycles. The Kier molecular flexibility index (Phi) is 11.2. The Morgan fingerprint density at radius 1 is 1.17 bits per heavy atom. The van der Waals surface area contributed by atoms with Gasteiger partial charge in [0.2, 0.25) is 0 Å². The first kappa shape index (κ1) is 21.0. The fourth-order valence-corrected chi connectivity index (χ4v) is 2.80. The van der Waals surface area contributed by atoms with Crippen LogP contribution in [0.1, 0.15) is 44.9 Å². The van der Waals surface area contributed by atoms with Crippen molar-refractivity contribution in [3.05, 3.63) is 0 Å². The number of hydrogen-bond acceptors (Lipinski definition) is 3. The summed E-state index contributed by atoms with van der Waals surface area (Å²) in [7, 11) is 3.89. The molecule has 0 amide bonds. The van der Waals surface area contributed by atoms with Gasteiger partial charge in [-0.2, -0.15) is 0 Å². The number of hydrogen-bond donors (Lipinski definition) is 1. The highest BCUT2D eigenvalue weighted by Gasteiger charge is 2.21. The van der Waals surface area contributed by atoms with Crippen molar-refractivity contribution in [1.82, 2.24) is 10.2 Å². The summed E-state index contributed by atoms with van der Waals surface area (Å²) >= 11 is 0. The van der Waals surface area contributed by atoms with Crippen LogP contribution in [0, 0.1) is 5.92 Å². The average Bonchev–Trinajstić information content (AvgIpc) is 3.21. The van der Waals surface area contributed by atoms with Crippen LogP contribution < -0.4 is 5.32 Å². The van der Waals surface area contributed by atoms with E-state index in [1.807, 2.05) is 7.05 Å². The normalized spacial score (nSPS) is 18.8. The monoisotopic (exact) mass is 439 g/mol. The van der Waals surface area contributed by atoms with Crippen LogP contribution in [0.3, 0.4) is 0 Å². The van der Waals surface area contributed by atoms with Gasteiger partial charge < -0.3 is 19.7 Å². The van der Waals surface area contributed by atoms with Crippen molar-refractivity contribution in [1.29, 1.82) is 0 Å². The minimum Gasteiger partial charge on any atom is -0.379 e. The first-order chi connectivity index (χ1) is 10.8. The molecule has 0 saturated heterocycles. The van der Waals surface area contributed by atoms with Gasteiger partial charge in [0.15, 0.2) is 5.96 Å². The molecule has 136 valence electrons. The fraction of sp³-hybridized carbons (Fsp3) is 0.941. The fourth-order valence-electron chi connectivity index (χ4n) is 2.80. The van der Waals surface area contributed by atoms with E-state index in [-0.39, 0.29) is 24.0 Å². The maximum Gasteiger partial charge on any atom is 0.193 e. The third kappa shape index (κ3) is 9.10. The highest BCUT2D eigenvalue weighted by molar-refractivity contribution is 14.0. The van der Waals surface area contributed by atoms with E-state index in [9.17, 15) is 0 Å². The number of ether oxygens (including phenoxy) is 2. The third-order valence-corrected chi connectivity index (χ3v) is 4.45. The first-order valence-electron chi connectivity index (χ1n) is 8.90. The molecule has 0 aliphatic heterocycles. The second-order valence-electron chi connectivity index (χ2n) is 6.54. The minimum absolute atomic E-state index is 0. The van der Waals surface area contributed by atoms with Gasteiger partial charge >= 0.3 is 0 Å². The summed E-state index contributed by atoms with van der Waals surface area (Å²) in [6.45, 7) is 4.34. The van der Waals surface area contributed by atoms with E-state index in [4.69, 9.17) is 9.47 Å². The third-order valence-electron chi connectivity index (χ3n) is 4.45. The summed E-state index contributed by atoms with van der Waals surface area (Å²) in [4.78, 5) is 6.45. The van der Waals surface area contributed by atoms with E-state index < -0.39 is 0 Å². The SMILES string of the molecule is CN=C(NCCCOC1CCCC1)N(C)CCOCC1CC1.I. The molecule has 0 spiro atoms. The lowest BCUT2D eigenvalue weighted by molar-refractivity contribution is 0.0573. The zero-order valence-electron chi connectivity index (χ0n) is 14.8. The Balaban J connectivity index is 0.00000264. The van der Waals surface area contributed by atoms with Crippen molar-refractivity contribution < 1.29 is 9.47 Å². The quantitative estimate of drug-likeness (QED) is 0.246. The molecule has 6 heteroatoms. The molecule has 5 nitrogen and oxygen atoms in total. The van der Waals surface area contributed by atoms with E-state index in [1.165, 1.54) is 38.5 Å². The summed E-state index contributed by atoms with van der Waals surface area (Å²) in [5, 5.41) is 3.40. The summed E-state index contributed by atoms with van der Waals surface area (Å²) in [5.41, 5.74) is 0. The number of halogens is 1. The van der Waals surface area contributed by atoms with Crippen LogP contribution in [0.15, 0.2) is 4.99 Å². The van der Waals surface area contributed by atoms with Crippen molar-refractivity contribution in [3.63, 3.8) is 0 Å². The lowest BCUT2D eigenvalue weighted by Gasteiger charge is -2.22. The van der Waals surface area contributed by atoms with Gasteiger partial charge in [0.05, 0.1) is 12.7 Å². The van der Waals surface area contributed by atoms with Crippen LogP contribution in [0.5, 0.6) is 0 Å². The number of guanidine groups is 1. The molecule has 2 rings (SSSR count). The number of likely N-dealkylation sites (N-methyl/N-ethyl adjacent to an activating group) is 1. The van der Waals surface area contributed by atoms with Gasteiger partial charge in [-0.15, -0.1) is 24.0 Å². The zero-order valence-corrected chi connectivity index (χ0v) is 17.1. The molecule has 1 N–H and O–H groups in total. The molecular weight excluding hydrogens is 405 g/mol. The van der Waals surface area contributed by atoms with E-state index in [1.54, 1.807) is 0 Å². The van der Waals surface area contributed by atoms with E-state index in [0.717, 1.165) is 51.2 Å². The number of rotatable bonds is 10. The van der Waals surface area contributed by atoms with Crippen molar-refractivity contribution in [2.24, 2.45) is 10.9 Å². The van der Waals surface area contributed by atoms with Crippen LogP contribution >= 0.6 is 24.0 Å². The lowest BCUT2D eigenvalue weighted by Crippen LogP contribution is -2.41. The highest BCUT2D eigenvalue weighted by atomic mass is 127. The molecule has 2 saturated carbocycles. The van der Waals surface area contributed by atoms with E-state index >= 15 is 0 Å². The molecule has 0 aromatic rings. The number of nitrogens with zero attached hydrogens (tertiary/aromatic N) is 2.